The van der Waals surface area contributed by atoms with Crippen LogP contribution in [0.3, 0.4) is 0 Å². The summed E-state index contributed by atoms with van der Waals surface area (Å²) in [5, 5.41) is 3.26. The smallest absolute Gasteiger partial charge is 0.142 e. The van der Waals surface area contributed by atoms with Gasteiger partial charge in [0.05, 0.1) is 5.02 Å². The van der Waals surface area contributed by atoms with Gasteiger partial charge < -0.3 is 10.1 Å². The lowest BCUT2D eigenvalue weighted by Crippen LogP contribution is -2.46. The zero-order valence-electron chi connectivity index (χ0n) is 11.6. The maximum absolute atomic E-state index is 13.7. The summed E-state index contributed by atoms with van der Waals surface area (Å²) in [6, 6.07) is 10.5. The summed E-state index contributed by atoms with van der Waals surface area (Å²) in [5.74, 6) is 0.0233. The Morgan fingerprint density at radius 3 is 2.32 bits per heavy atom. The van der Waals surface area contributed by atoms with Crippen LogP contribution in [0, 0.1) is 17.6 Å². The highest BCUT2D eigenvalue weighted by Crippen LogP contribution is 2.32. The topological polar surface area (TPSA) is 21.3 Å². The zero-order valence-corrected chi connectivity index (χ0v) is 13.1. The molecule has 1 aliphatic rings. The first kappa shape index (κ1) is 17.0. The van der Waals surface area contributed by atoms with E-state index in [1.165, 1.54) is 24.3 Å². The van der Waals surface area contributed by atoms with Crippen molar-refractivity contribution in [2.45, 2.75) is 6.10 Å². The number of rotatable bonds is 4. The third-order valence-electron chi connectivity index (χ3n) is 3.59. The third-order valence-corrected chi connectivity index (χ3v) is 3.90. The van der Waals surface area contributed by atoms with Crippen molar-refractivity contribution < 1.29 is 13.5 Å². The molecule has 0 saturated carbocycles. The highest BCUT2D eigenvalue weighted by molar-refractivity contribution is 6.30. The van der Waals surface area contributed by atoms with Crippen LogP contribution in [0.2, 0.25) is 5.02 Å². The van der Waals surface area contributed by atoms with Crippen LogP contribution in [0.25, 0.3) is 0 Å². The predicted octanol–water partition coefficient (Wildman–Crippen LogP) is 4.38. The molecule has 1 atom stereocenters. The van der Waals surface area contributed by atoms with Crippen molar-refractivity contribution in [3.63, 3.8) is 0 Å². The molecule has 3 rings (SSSR count). The van der Waals surface area contributed by atoms with Crippen LogP contribution in [-0.4, -0.2) is 13.1 Å². The Morgan fingerprint density at radius 2 is 1.77 bits per heavy atom. The second-order valence-corrected chi connectivity index (χ2v) is 5.49. The van der Waals surface area contributed by atoms with E-state index in [1.807, 2.05) is 0 Å². The summed E-state index contributed by atoms with van der Waals surface area (Å²) in [7, 11) is 0. The molecule has 2 aromatic rings. The van der Waals surface area contributed by atoms with Crippen LogP contribution in [0.4, 0.5) is 8.78 Å². The SMILES string of the molecule is Cl.Fc1ccc(OC(c2ccc(Cl)c(F)c2)C2CNC2)cc1. The molecule has 0 spiro atoms. The predicted molar refractivity (Wildman–Crippen MR) is 84.8 cm³/mol. The first-order chi connectivity index (χ1) is 10.1. The molecule has 1 unspecified atom stereocenters. The molecule has 1 aliphatic heterocycles. The van der Waals surface area contributed by atoms with Gasteiger partial charge in [0.1, 0.15) is 23.5 Å². The Kier molecular flexibility index (Phi) is 5.62. The quantitative estimate of drug-likeness (QED) is 0.887. The van der Waals surface area contributed by atoms with Crippen LogP contribution in [0.1, 0.15) is 11.7 Å². The van der Waals surface area contributed by atoms with E-state index >= 15 is 0 Å². The molecule has 1 heterocycles. The van der Waals surface area contributed by atoms with Crippen molar-refractivity contribution in [2.75, 3.05) is 13.1 Å². The molecule has 2 nitrogen and oxygen atoms in total. The second kappa shape index (κ2) is 7.27. The van der Waals surface area contributed by atoms with Crippen molar-refractivity contribution in [3.05, 3.63) is 64.7 Å². The van der Waals surface area contributed by atoms with E-state index in [4.69, 9.17) is 16.3 Å². The highest BCUT2D eigenvalue weighted by atomic mass is 35.5. The van der Waals surface area contributed by atoms with Gasteiger partial charge in [-0.3, -0.25) is 0 Å². The third kappa shape index (κ3) is 3.69. The lowest BCUT2D eigenvalue weighted by atomic mass is 9.90. The van der Waals surface area contributed by atoms with Gasteiger partial charge >= 0.3 is 0 Å². The van der Waals surface area contributed by atoms with E-state index in [0.717, 1.165) is 18.7 Å². The lowest BCUT2D eigenvalue weighted by molar-refractivity contribution is 0.0989. The molecule has 2 aromatic carbocycles. The Balaban J connectivity index is 0.00000176. The van der Waals surface area contributed by atoms with Crippen molar-refractivity contribution in [2.24, 2.45) is 5.92 Å². The van der Waals surface area contributed by atoms with E-state index in [1.54, 1.807) is 18.2 Å². The van der Waals surface area contributed by atoms with Crippen LogP contribution < -0.4 is 10.1 Å². The second-order valence-electron chi connectivity index (χ2n) is 5.08. The minimum absolute atomic E-state index is 0. The van der Waals surface area contributed by atoms with Crippen LogP contribution in [0.5, 0.6) is 5.75 Å². The van der Waals surface area contributed by atoms with Gasteiger partial charge in [0.25, 0.3) is 0 Å². The average Bonchev–Trinajstić information content (AvgIpc) is 2.41. The lowest BCUT2D eigenvalue weighted by Gasteiger charge is -2.35. The van der Waals surface area contributed by atoms with Gasteiger partial charge in [0, 0.05) is 19.0 Å². The average molecular weight is 346 g/mol. The van der Waals surface area contributed by atoms with Crippen LogP contribution in [-0.2, 0) is 0 Å². The molecular weight excluding hydrogens is 331 g/mol. The Morgan fingerprint density at radius 1 is 1.09 bits per heavy atom. The minimum atomic E-state index is -0.464. The molecule has 1 N–H and O–H groups in total. The molecule has 1 saturated heterocycles. The van der Waals surface area contributed by atoms with Gasteiger partial charge in [-0.05, 0) is 42.0 Å². The molecule has 118 valence electrons. The van der Waals surface area contributed by atoms with E-state index in [0.29, 0.717) is 5.75 Å². The maximum Gasteiger partial charge on any atom is 0.142 e. The number of nitrogens with one attached hydrogen (secondary N) is 1. The molecule has 6 heteroatoms. The minimum Gasteiger partial charge on any atom is -0.485 e. The van der Waals surface area contributed by atoms with Gasteiger partial charge in [-0.2, -0.15) is 0 Å². The molecule has 22 heavy (non-hydrogen) atoms. The van der Waals surface area contributed by atoms with Gasteiger partial charge in [0.15, 0.2) is 0 Å². The Bertz CT molecular complexity index is 633. The fraction of sp³-hybridized carbons (Fsp3) is 0.250. The number of halogens is 4. The van der Waals surface area contributed by atoms with Crippen molar-refractivity contribution in [1.82, 2.24) is 5.32 Å². The van der Waals surface area contributed by atoms with Gasteiger partial charge in [0.2, 0.25) is 0 Å². The monoisotopic (exact) mass is 345 g/mol. The summed E-state index contributed by atoms with van der Waals surface area (Å²) in [6.07, 6.45) is -0.288. The molecule has 0 radical (unpaired) electrons. The molecular formula is C16H15Cl2F2NO. The first-order valence-corrected chi connectivity index (χ1v) is 7.09. The molecule has 0 bridgehead atoms. The van der Waals surface area contributed by atoms with Crippen LogP contribution in [0.15, 0.2) is 42.5 Å². The maximum atomic E-state index is 13.7. The van der Waals surface area contributed by atoms with Gasteiger partial charge in [-0.15, -0.1) is 12.4 Å². The van der Waals surface area contributed by atoms with Crippen LogP contribution >= 0.6 is 24.0 Å². The summed E-state index contributed by atoms with van der Waals surface area (Å²) in [4.78, 5) is 0. The fourth-order valence-electron chi connectivity index (χ4n) is 2.31. The fourth-order valence-corrected chi connectivity index (χ4v) is 2.43. The van der Waals surface area contributed by atoms with Crippen molar-refractivity contribution in [3.8, 4) is 5.75 Å². The zero-order chi connectivity index (χ0) is 14.8. The Hall–Kier alpha value is -1.36. The van der Waals surface area contributed by atoms with E-state index < -0.39 is 5.82 Å². The van der Waals surface area contributed by atoms with Gasteiger partial charge in [-0.25, -0.2) is 8.78 Å². The summed E-state index contributed by atoms with van der Waals surface area (Å²) in [5.41, 5.74) is 0.729. The molecule has 0 aromatic heterocycles. The number of benzene rings is 2. The summed E-state index contributed by atoms with van der Waals surface area (Å²) < 4.78 is 32.6. The number of ether oxygens (including phenoxy) is 1. The van der Waals surface area contributed by atoms with Crippen molar-refractivity contribution in [1.29, 1.82) is 0 Å². The Labute approximate surface area is 138 Å². The largest absolute Gasteiger partial charge is 0.485 e. The van der Waals surface area contributed by atoms with E-state index in [-0.39, 0.29) is 35.3 Å². The normalized spacial score (nSPS) is 15.6. The molecule has 0 aliphatic carbocycles. The van der Waals surface area contributed by atoms with E-state index in [9.17, 15) is 8.78 Å². The van der Waals surface area contributed by atoms with Gasteiger partial charge in [-0.1, -0.05) is 17.7 Å². The molecule has 1 fully saturated rings. The summed E-state index contributed by atoms with van der Waals surface area (Å²) >= 11 is 5.72. The number of hydrogen-bond donors (Lipinski definition) is 1. The first-order valence-electron chi connectivity index (χ1n) is 6.71. The standard InChI is InChI=1S/C16H14ClF2NO.ClH/c17-14-6-1-10(7-15(14)19)16(11-8-20-9-11)21-13-4-2-12(18)3-5-13;/h1-7,11,16,20H,8-9H2;1H. The summed E-state index contributed by atoms with van der Waals surface area (Å²) in [6.45, 7) is 1.60. The molecule has 0 amide bonds. The van der Waals surface area contributed by atoms with E-state index in [2.05, 4.69) is 5.32 Å². The van der Waals surface area contributed by atoms with Crippen molar-refractivity contribution >= 4 is 24.0 Å². The number of hydrogen-bond acceptors (Lipinski definition) is 2. The highest BCUT2D eigenvalue weighted by Gasteiger charge is 2.30.